The Kier molecular flexibility index (Phi) is 21.9. The van der Waals surface area contributed by atoms with Crippen LogP contribution in [0.4, 0.5) is 0 Å². The second-order valence-corrected chi connectivity index (χ2v) is 20.2. The molecule has 0 aromatic carbocycles. The summed E-state index contributed by atoms with van der Waals surface area (Å²) < 4.78 is 17.0. The number of unbranched alkanes of at least 4 members (excludes halogenated alkanes) is 1. The molecular formula is C43H76N9O12P. The molecule has 0 aromatic rings. The molecule has 21 nitrogen and oxygen atoms in total. The van der Waals surface area contributed by atoms with E-state index in [-0.39, 0.29) is 63.1 Å². The lowest BCUT2D eigenvalue weighted by Gasteiger charge is -2.35. The fourth-order valence-corrected chi connectivity index (χ4v) is 9.45. The van der Waals surface area contributed by atoms with E-state index in [0.29, 0.717) is 64.2 Å². The van der Waals surface area contributed by atoms with Gasteiger partial charge in [0.15, 0.2) is 0 Å². The van der Waals surface area contributed by atoms with Crippen LogP contribution in [-0.4, -0.2) is 153 Å². The van der Waals surface area contributed by atoms with E-state index in [1.54, 1.807) is 0 Å². The van der Waals surface area contributed by atoms with E-state index in [2.05, 4.69) is 21.3 Å². The van der Waals surface area contributed by atoms with Crippen molar-refractivity contribution in [3.63, 3.8) is 0 Å². The van der Waals surface area contributed by atoms with Crippen LogP contribution in [0.15, 0.2) is 0 Å². The first-order chi connectivity index (χ1) is 30.5. The van der Waals surface area contributed by atoms with Crippen molar-refractivity contribution in [2.24, 2.45) is 29.2 Å². The third-order valence-corrected chi connectivity index (χ3v) is 12.6. The van der Waals surface area contributed by atoms with Crippen molar-refractivity contribution < 1.29 is 57.2 Å². The highest BCUT2D eigenvalue weighted by Crippen LogP contribution is 2.39. The molecule has 0 bridgehead atoms. The maximum absolute atomic E-state index is 14.5. The van der Waals surface area contributed by atoms with Crippen molar-refractivity contribution in [2.75, 3.05) is 26.2 Å². The molecule has 10 N–H and O–H groups in total. The highest BCUT2D eigenvalue weighted by Gasteiger charge is 2.47. The van der Waals surface area contributed by atoms with Gasteiger partial charge in [0, 0.05) is 19.6 Å². The Bertz CT molecular complexity index is 1710. The van der Waals surface area contributed by atoms with Gasteiger partial charge >= 0.3 is 7.82 Å². The first kappa shape index (κ1) is 55.3. The van der Waals surface area contributed by atoms with Crippen LogP contribution in [0.25, 0.3) is 0 Å². The third kappa shape index (κ3) is 16.7. The van der Waals surface area contributed by atoms with Crippen molar-refractivity contribution in [2.45, 2.75) is 180 Å². The maximum Gasteiger partial charge on any atom is 0.469 e. The molecule has 3 fully saturated rings. The SMILES string of the molecule is CC(C)C[C@@H](C=O)NC(=O)[C@@H]1CCCN1C(=O)[C@@H]1CCCN1C(=O)[C@@H](NC(=O)[C@@H]1CCCN1C(=O)[C@H](CC(C)C)NC(=O)[C@H](CC(C)C)NC(=O)[C@@H](N)CCCCN)[C@@H](C)OP(=O)(O)O. The summed E-state index contributed by atoms with van der Waals surface area (Å²) in [7, 11) is -5.23. The van der Waals surface area contributed by atoms with Gasteiger partial charge in [-0.25, -0.2) is 4.57 Å². The zero-order chi connectivity index (χ0) is 48.8. The molecular weight excluding hydrogens is 865 g/mol. The quantitative estimate of drug-likeness (QED) is 0.0345. The fourth-order valence-electron chi connectivity index (χ4n) is 8.89. The summed E-state index contributed by atoms with van der Waals surface area (Å²) in [5.74, 6) is -4.34. The van der Waals surface area contributed by atoms with Crippen LogP contribution >= 0.6 is 7.82 Å². The van der Waals surface area contributed by atoms with E-state index in [9.17, 15) is 52.7 Å². The number of nitrogens with two attached hydrogens (primary N) is 2. The molecule has 3 saturated heterocycles. The molecule has 370 valence electrons. The number of carbonyl (C=O) groups is 8. The molecule has 0 radical (unpaired) electrons. The van der Waals surface area contributed by atoms with E-state index in [4.69, 9.17) is 16.0 Å². The van der Waals surface area contributed by atoms with Gasteiger partial charge < -0.3 is 62.0 Å². The molecule has 3 rings (SSSR count). The average Bonchev–Trinajstić information content (AvgIpc) is 4.02. The maximum atomic E-state index is 14.5. The monoisotopic (exact) mass is 942 g/mol. The first-order valence-corrected chi connectivity index (χ1v) is 24.8. The second kappa shape index (κ2) is 25.8. The van der Waals surface area contributed by atoms with E-state index >= 15 is 0 Å². The molecule has 3 heterocycles. The number of aldehydes is 1. The molecule has 65 heavy (non-hydrogen) atoms. The van der Waals surface area contributed by atoms with E-state index < -0.39 is 104 Å². The number of rotatable bonds is 25. The van der Waals surface area contributed by atoms with Crippen LogP contribution in [0, 0.1) is 17.8 Å². The van der Waals surface area contributed by atoms with E-state index in [1.807, 2.05) is 41.5 Å². The number of nitrogens with zero attached hydrogens (tertiary/aromatic N) is 3. The van der Waals surface area contributed by atoms with Crippen LogP contribution in [0.3, 0.4) is 0 Å². The average molecular weight is 942 g/mol. The molecule has 0 aliphatic carbocycles. The third-order valence-electron chi connectivity index (χ3n) is 12.0. The van der Waals surface area contributed by atoms with Crippen molar-refractivity contribution in [3.8, 4) is 0 Å². The minimum atomic E-state index is -5.23. The molecule has 0 unspecified atom stereocenters. The largest absolute Gasteiger partial charge is 0.469 e. The van der Waals surface area contributed by atoms with Gasteiger partial charge in [-0.05, 0) is 102 Å². The smallest absolute Gasteiger partial charge is 0.345 e. The van der Waals surface area contributed by atoms with Gasteiger partial charge in [-0.15, -0.1) is 0 Å². The summed E-state index contributed by atoms with van der Waals surface area (Å²) in [5.41, 5.74) is 11.7. The molecule has 3 aliphatic heterocycles. The topological polar surface area (TPSA) is 313 Å². The van der Waals surface area contributed by atoms with Crippen molar-refractivity contribution in [1.82, 2.24) is 36.0 Å². The normalized spacial score (nSPS) is 21.8. The van der Waals surface area contributed by atoms with Crippen LogP contribution in [0.5, 0.6) is 0 Å². The van der Waals surface area contributed by atoms with Gasteiger partial charge in [0.25, 0.3) is 0 Å². The molecule has 9 atom stereocenters. The highest BCUT2D eigenvalue weighted by atomic mass is 31.2. The number of amides is 7. The standard InChI is InChI=1S/C43H76N9O12P/c1-25(2)21-29(24-53)46-39(56)33-14-11-19-51(33)42(59)35-16-12-20-52(35)43(60)36(28(7)64-65(61,62)63)49-40(57)34-15-10-18-50(34)41(58)32(23-27(5)6)48-38(55)31(22-26(3)4)47-37(54)30(45)13-8-9-17-44/h24-36H,8-23,44-45H2,1-7H3,(H,46,56)(H,47,54)(H,48,55)(H,49,57)(H2,61,62,63)/t28-,29+,30+,31+,32+,33+,34+,35+,36+/m1/s1. The summed E-state index contributed by atoms with van der Waals surface area (Å²) in [6.45, 7) is 13.4. The Labute approximate surface area is 383 Å². The number of nitrogens with one attached hydrogen (secondary N) is 4. The summed E-state index contributed by atoms with van der Waals surface area (Å²) in [6, 6.07) is -8.56. The minimum absolute atomic E-state index is 0.0209. The lowest BCUT2D eigenvalue weighted by molar-refractivity contribution is -0.149. The molecule has 22 heteroatoms. The van der Waals surface area contributed by atoms with Gasteiger partial charge in [0.1, 0.15) is 42.5 Å². The Hall–Kier alpha value is -4.01. The first-order valence-electron chi connectivity index (χ1n) is 23.3. The van der Waals surface area contributed by atoms with E-state index in [0.717, 1.165) is 0 Å². The molecule has 7 amide bonds. The van der Waals surface area contributed by atoms with Crippen LogP contribution < -0.4 is 32.7 Å². The number of phosphoric acid groups is 1. The number of hydrogen-bond donors (Lipinski definition) is 8. The minimum Gasteiger partial charge on any atom is -0.345 e. The highest BCUT2D eigenvalue weighted by molar-refractivity contribution is 7.46. The van der Waals surface area contributed by atoms with Gasteiger partial charge in [-0.3, -0.25) is 38.1 Å². The Balaban J connectivity index is 1.84. The summed E-state index contributed by atoms with van der Waals surface area (Å²) >= 11 is 0. The fraction of sp³-hybridized carbons (Fsp3) is 0.814. The van der Waals surface area contributed by atoms with Crippen molar-refractivity contribution in [3.05, 3.63) is 0 Å². The lowest BCUT2D eigenvalue weighted by atomic mass is 9.99. The second-order valence-electron chi connectivity index (χ2n) is 19.0. The number of carbonyl (C=O) groups excluding carboxylic acids is 8. The van der Waals surface area contributed by atoms with Crippen molar-refractivity contribution in [1.29, 1.82) is 0 Å². The van der Waals surface area contributed by atoms with Crippen LogP contribution in [0.2, 0.25) is 0 Å². The predicted molar refractivity (Wildman–Crippen MR) is 240 cm³/mol. The molecule has 0 aromatic heterocycles. The zero-order valence-electron chi connectivity index (χ0n) is 39.2. The van der Waals surface area contributed by atoms with Crippen molar-refractivity contribution >= 4 is 55.5 Å². The predicted octanol–water partition coefficient (Wildman–Crippen LogP) is 0.190. The van der Waals surface area contributed by atoms with Gasteiger partial charge in [0.2, 0.25) is 41.4 Å². The Morgan fingerprint density at radius 1 is 0.677 bits per heavy atom. The number of hydrogen-bond acceptors (Lipinski definition) is 12. The summed E-state index contributed by atoms with van der Waals surface area (Å²) in [5, 5.41) is 10.9. The Morgan fingerprint density at radius 3 is 1.71 bits per heavy atom. The summed E-state index contributed by atoms with van der Waals surface area (Å²) in [4.78, 5) is 133. The molecule has 3 aliphatic rings. The lowest BCUT2D eigenvalue weighted by Crippen LogP contribution is -2.61. The Morgan fingerprint density at radius 2 is 1.17 bits per heavy atom. The van der Waals surface area contributed by atoms with Gasteiger partial charge in [-0.1, -0.05) is 48.0 Å². The van der Waals surface area contributed by atoms with Gasteiger partial charge in [0.05, 0.1) is 18.2 Å². The van der Waals surface area contributed by atoms with Gasteiger partial charge in [-0.2, -0.15) is 0 Å². The zero-order valence-corrected chi connectivity index (χ0v) is 40.1. The molecule has 0 spiro atoms. The number of phosphoric ester groups is 1. The molecule has 0 saturated carbocycles. The summed E-state index contributed by atoms with van der Waals surface area (Å²) in [6.07, 6.45) is 3.58. The van der Waals surface area contributed by atoms with Crippen LogP contribution in [-0.2, 0) is 47.4 Å². The van der Waals surface area contributed by atoms with E-state index in [1.165, 1.54) is 21.6 Å². The number of likely N-dealkylation sites (tertiary alicyclic amines) is 3. The van der Waals surface area contributed by atoms with Crippen LogP contribution in [0.1, 0.15) is 126 Å².